The van der Waals surface area contributed by atoms with Crippen LogP contribution in [0.3, 0.4) is 0 Å². The average molecular weight is 713 g/mol. The molecule has 0 radical (unpaired) electrons. The Bertz CT molecular complexity index is 901. The van der Waals surface area contributed by atoms with Gasteiger partial charge in [-0.05, 0) is 58.3 Å². The molecule has 0 saturated carbocycles. The smallest absolute Gasteiger partial charge is 0.462 e. The number of allylic oxidation sites excluding steroid dienone is 6. The summed E-state index contributed by atoms with van der Waals surface area (Å²) in [6.07, 6.45) is 39.1. The SMILES string of the molecule is CCCCC/C=C\C/C=C\C/C=C\CCCCCCCCC(=O)OC(COC(=O)CCCCCCCCCCCC)COP(=O)(O)OCC. The summed E-state index contributed by atoms with van der Waals surface area (Å²) in [5.41, 5.74) is 0. The van der Waals surface area contributed by atoms with Crippen molar-refractivity contribution in [2.75, 3.05) is 19.8 Å². The maximum atomic E-state index is 12.5. The molecule has 0 aromatic rings. The van der Waals surface area contributed by atoms with Crippen LogP contribution in [0.4, 0.5) is 0 Å². The molecule has 2 atom stereocenters. The van der Waals surface area contributed by atoms with Crippen molar-refractivity contribution >= 4 is 19.8 Å². The summed E-state index contributed by atoms with van der Waals surface area (Å²) >= 11 is 0. The van der Waals surface area contributed by atoms with E-state index in [1.165, 1.54) is 83.5 Å². The van der Waals surface area contributed by atoms with Crippen LogP contribution in [-0.2, 0) is 32.7 Å². The molecule has 0 aromatic heterocycles. The largest absolute Gasteiger partial charge is 0.472 e. The van der Waals surface area contributed by atoms with Gasteiger partial charge in [0.1, 0.15) is 6.61 Å². The van der Waals surface area contributed by atoms with Gasteiger partial charge in [0.05, 0.1) is 13.2 Å². The van der Waals surface area contributed by atoms with Gasteiger partial charge in [-0.3, -0.25) is 18.6 Å². The first-order valence-corrected chi connectivity index (χ1v) is 21.3. The highest BCUT2D eigenvalue weighted by molar-refractivity contribution is 7.47. The van der Waals surface area contributed by atoms with E-state index in [9.17, 15) is 19.0 Å². The van der Waals surface area contributed by atoms with Gasteiger partial charge in [0.25, 0.3) is 0 Å². The standard InChI is InChI=1S/C40H73O8P/c1-4-7-9-11-13-15-17-18-19-20-21-22-23-24-25-27-29-31-33-35-40(42)48-38(37-47-49(43,44)46-6-3)36-45-39(41)34-32-30-28-26-16-14-12-10-8-5-2/h13,15,18-19,21-22,38H,4-12,14,16-17,20,23-37H2,1-3H3,(H,43,44)/b15-13-,19-18-,22-21-. The fraction of sp³-hybridized carbons (Fsp3) is 0.800. The minimum Gasteiger partial charge on any atom is -0.462 e. The van der Waals surface area contributed by atoms with Gasteiger partial charge in [0.15, 0.2) is 6.10 Å². The number of hydrogen-bond acceptors (Lipinski definition) is 7. The molecular weight excluding hydrogens is 639 g/mol. The first-order chi connectivity index (χ1) is 23.8. The quantitative estimate of drug-likeness (QED) is 0.0296. The number of phosphoric acid groups is 1. The Morgan fingerprint density at radius 1 is 0.551 bits per heavy atom. The Kier molecular flexibility index (Phi) is 34.8. The number of carbonyl (C=O) groups is 2. The lowest BCUT2D eigenvalue weighted by Crippen LogP contribution is -2.29. The summed E-state index contributed by atoms with van der Waals surface area (Å²) in [7, 11) is -4.28. The van der Waals surface area contributed by atoms with E-state index in [1.807, 2.05) is 0 Å². The summed E-state index contributed by atoms with van der Waals surface area (Å²) in [6, 6.07) is 0. The van der Waals surface area contributed by atoms with E-state index >= 15 is 0 Å². The van der Waals surface area contributed by atoms with Crippen molar-refractivity contribution in [1.82, 2.24) is 0 Å². The van der Waals surface area contributed by atoms with Crippen molar-refractivity contribution in [3.8, 4) is 0 Å². The highest BCUT2D eigenvalue weighted by Gasteiger charge is 2.25. The fourth-order valence-electron chi connectivity index (χ4n) is 5.28. The molecule has 8 nitrogen and oxygen atoms in total. The topological polar surface area (TPSA) is 108 Å². The fourth-order valence-corrected chi connectivity index (χ4v) is 6.04. The molecule has 0 aliphatic carbocycles. The Morgan fingerprint density at radius 2 is 0.980 bits per heavy atom. The molecule has 9 heteroatoms. The van der Waals surface area contributed by atoms with E-state index in [2.05, 4.69) is 50.3 Å². The second-order valence-corrected chi connectivity index (χ2v) is 14.4. The summed E-state index contributed by atoms with van der Waals surface area (Å²) in [6.45, 7) is 5.41. The van der Waals surface area contributed by atoms with Crippen molar-refractivity contribution in [3.05, 3.63) is 36.5 Å². The maximum absolute atomic E-state index is 12.5. The summed E-state index contributed by atoms with van der Waals surface area (Å²) in [5.74, 6) is -0.813. The zero-order valence-corrected chi connectivity index (χ0v) is 32.5. The van der Waals surface area contributed by atoms with E-state index in [4.69, 9.17) is 18.5 Å². The molecule has 0 aliphatic rings. The number of ether oxygens (including phenoxy) is 2. The van der Waals surface area contributed by atoms with Gasteiger partial charge in [0, 0.05) is 12.8 Å². The van der Waals surface area contributed by atoms with Crippen molar-refractivity contribution in [1.29, 1.82) is 0 Å². The molecule has 0 saturated heterocycles. The number of carbonyl (C=O) groups excluding carboxylic acids is 2. The predicted octanol–water partition coefficient (Wildman–Crippen LogP) is 12.1. The highest BCUT2D eigenvalue weighted by atomic mass is 31.2. The van der Waals surface area contributed by atoms with Crippen LogP contribution >= 0.6 is 7.82 Å². The van der Waals surface area contributed by atoms with Crippen LogP contribution in [0.2, 0.25) is 0 Å². The summed E-state index contributed by atoms with van der Waals surface area (Å²) in [4.78, 5) is 34.6. The lowest BCUT2D eigenvalue weighted by molar-refractivity contribution is -0.161. The van der Waals surface area contributed by atoms with Gasteiger partial charge in [-0.25, -0.2) is 4.57 Å². The third kappa shape index (κ3) is 35.9. The van der Waals surface area contributed by atoms with Crippen LogP contribution in [0, 0.1) is 0 Å². The van der Waals surface area contributed by atoms with Gasteiger partial charge in [-0.15, -0.1) is 0 Å². The molecule has 0 fully saturated rings. The number of esters is 2. The average Bonchev–Trinajstić information content (AvgIpc) is 3.07. The zero-order valence-electron chi connectivity index (χ0n) is 31.6. The van der Waals surface area contributed by atoms with Crippen LogP contribution in [0.1, 0.15) is 181 Å². The van der Waals surface area contributed by atoms with Crippen LogP contribution in [0.25, 0.3) is 0 Å². The molecular formula is C40H73O8P. The number of phosphoric ester groups is 1. The normalized spacial score (nSPS) is 13.8. The van der Waals surface area contributed by atoms with Crippen molar-refractivity contribution in [2.45, 2.75) is 187 Å². The second kappa shape index (κ2) is 36.1. The van der Waals surface area contributed by atoms with E-state index < -0.39 is 26.5 Å². The molecule has 0 amide bonds. The van der Waals surface area contributed by atoms with Crippen LogP contribution in [-0.4, -0.2) is 42.8 Å². The molecule has 0 rings (SSSR count). The highest BCUT2D eigenvalue weighted by Crippen LogP contribution is 2.43. The lowest BCUT2D eigenvalue weighted by atomic mass is 10.1. The summed E-state index contributed by atoms with van der Waals surface area (Å²) < 4.78 is 32.5. The minimum absolute atomic E-state index is 0.00204. The van der Waals surface area contributed by atoms with Gasteiger partial charge in [-0.1, -0.05) is 147 Å². The van der Waals surface area contributed by atoms with Crippen molar-refractivity contribution in [3.63, 3.8) is 0 Å². The van der Waals surface area contributed by atoms with E-state index in [0.717, 1.165) is 57.8 Å². The molecule has 0 aliphatic heterocycles. The molecule has 1 N–H and O–H groups in total. The molecule has 286 valence electrons. The third-order valence-electron chi connectivity index (χ3n) is 8.20. The van der Waals surface area contributed by atoms with Gasteiger partial charge >= 0.3 is 19.8 Å². The Morgan fingerprint density at radius 3 is 1.51 bits per heavy atom. The summed E-state index contributed by atoms with van der Waals surface area (Å²) in [5, 5.41) is 0. The predicted molar refractivity (Wildman–Crippen MR) is 202 cm³/mol. The number of rotatable bonds is 36. The van der Waals surface area contributed by atoms with Gasteiger partial charge in [0.2, 0.25) is 0 Å². The molecule has 0 spiro atoms. The second-order valence-electron chi connectivity index (χ2n) is 13.0. The van der Waals surface area contributed by atoms with Crippen molar-refractivity contribution < 1.29 is 37.6 Å². The van der Waals surface area contributed by atoms with E-state index in [1.54, 1.807) is 6.92 Å². The first-order valence-electron chi connectivity index (χ1n) is 19.8. The Balaban J connectivity index is 4.13. The van der Waals surface area contributed by atoms with Crippen molar-refractivity contribution in [2.24, 2.45) is 0 Å². The molecule has 0 heterocycles. The number of unbranched alkanes of at least 4 members (excludes halogenated alkanes) is 18. The van der Waals surface area contributed by atoms with E-state index in [0.29, 0.717) is 12.8 Å². The zero-order chi connectivity index (χ0) is 36.1. The number of hydrogen-bond donors (Lipinski definition) is 1. The van der Waals surface area contributed by atoms with E-state index in [-0.39, 0.29) is 25.6 Å². The molecule has 49 heavy (non-hydrogen) atoms. The van der Waals surface area contributed by atoms with Crippen LogP contribution in [0.5, 0.6) is 0 Å². The van der Waals surface area contributed by atoms with Gasteiger partial charge in [-0.2, -0.15) is 0 Å². The maximum Gasteiger partial charge on any atom is 0.472 e. The van der Waals surface area contributed by atoms with Crippen LogP contribution < -0.4 is 0 Å². The minimum atomic E-state index is -4.28. The molecule has 0 bridgehead atoms. The van der Waals surface area contributed by atoms with Crippen LogP contribution in [0.15, 0.2) is 36.5 Å². The third-order valence-corrected chi connectivity index (χ3v) is 9.26. The monoisotopic (exact) mass is 713 g/mol. The lowest BCUT2D eigenvalue weighted by Gasteiger charge is -2.19. The molecule has 0 aromatic carbocycles. The van der Waals surface area contributed by atoms with Gasteiger partial charge < -0.3 is 14.4 Å². The Labute approximate surface area is 300 Å². The first kappa shape index (κ1) is 47.3. The Hall–Kier alpha value is -1.73. The molecule has 2 unspecified atom stereocenters.